The summed E-state index contributed by atoms with van der Waals surface area (Å²) in [6.45, 7) is 2.19. The van der Waals surface area contributed by atoms with Crippen LogP contribution in [-0.2, 0) is 6.42 Å². The van der Waals surface area contributed by atoms with Gasteiger partial charge in [0.25, 0.3) is 0 Å². The number of nitrogen functional groups attached to an aromatic ring is 2. The fraction of sp³-hybridized carbons (Fsp3) is 0.0952. The van der Waals surface area contributed by atoms with Crippen LogP contribution in [0, 0.1) is 0 Å². The monoisotopic (exact) mass is 314 g/mol. The topological polar surface area (TPSA) is 66.2 Å². The summed E-state index contributed by atoms with van der Waals surface area (Å²) in [6.07, 6.45) is 2.92. The fourth-order valence-corrected chi connectivity index (χ4v) is 3.51. The summed E-state index contributed by atoms with van der Waals surface area (Å²) in [6, 6.07) is 18.5. The van der Waals surface area contributed by atoms with Crippen LogP contribution in [0.2, 0.25) is 0 Å². The molecule has 3 aromatic carbocycles. The highest BCUT2D eigenvalue weighted by atomic mass is 14.7. The van der Waals surface area contributed by atoms with Gasteiger partial charge in [0.15, 0.2) is 6.20 Å². The van der Waals surface area contributed by atoms with Gasteiger partial charge in [0.2, 0.25) is 5.52 Å². The Kier molecular flexibility index (Phi) is 3.35. The van der Waals surface area contributed by atoms with Crippen molar-refractivity contribution in [3.05, 3.63) is 66.4 Å². The standard InChI is InChI=1S/C21H19N3/c1-2-15-16(13-6-4-3-5-7-13)11-19(23)18-12-24-20-9-8-14(22)10-17(20)21(15)18/h3-12H,2,22-23H2,1H3/p+1. The summed E-state index contributed by atoms with van der Waals surface area (Å²) in [7, 11) is 0. The van der Waals surface area contributed by atoms with Gasteiger partial charge < -0.3 is 11.5 Å². The lowest BCUT2D eigenvalue weighted by Gasteiger charge is -2.14. The largest absolute Gasteiger partial charge is 0.399 e. The van der Waals surface area contributed by atoms with E-state index >= 15 is 0 Å². The third-order valence-corrected chi connectivity index (χ3v) is 4.63. The maximum Gasteiger partial charge on any atom is 0.211 e. The normalized spacial score (nSPS) is 11.2. The molecule has 0 saturated carbocycles. The predicted molar refractivity (Wildman–Crippen MR) is 102 cm³/mol. The first kappa shape index (κ1) is 14.5. The van der Waals surface area contributed by atoms with Gasteiger partial charge in [0.1, 0.15) is 0 Å². The Morgan fingerprint density at radius 2 is 1.71 bits per heavy atom. The van der Waals surface area contributed by atoms with Gasteiger partial charge in [-0.1, -0.05) is 37.3 Å². The van der Waals surface area contributed by atoms with Crippen LogP contribution in [0.25, 0.3) is 32.8 Å². The third kappa shape index (κ3) is 2.17. The Morgan fingerprint density at radius 3 is 2.46 bits per heavy atom. The Labute approximate surface area is 140 Å². The van der Waals surface area contributed by atoms with Gasteiger partial charge in [-0.05, 0) is 41.3 Å². The minimum atomic E-state index is 0.758. The van der Waals surface area contributed by atoms with Crippen molar-refractivity contribution in [2.45, 2.75) is 13.3 Å². The van der Waals surface area contributed by atoms with Crippen LogP contribution in [-0.4, -0.2) is 0 Å². The first-order valence-corrected chi connectivity index (χ1v) is 8.19. The van der Waals surface area contributed by atoms with Crippen molar-refractivity contribution in [3.8, 4) is 11.1 Å². The quantitative estimate of drug-likeness (QED) is 0.430. The fourth-order valence-electron chi connectivity index (χ4n) is 3.51. The number of pyridine rings is 1. The zero-order valence-electron chi connectivity index (χ0n) is 13.6. The van der Waals surface area contributed by atoms with E-state index in [1.807, 2.05) is 30.5 Å². The van der Waals surface area contributed by atoms with Crippen LogP contribution >= 0.6 is 0 Å². The van der Waals surface area contributed by atoms with E-state index in [4.69, 9.17) is 11.5 Å². The second-order valence-corrected chi connectivity index (χ2v) is 6.09. The molecule has 0 fully saturated rings. The molecule has 118 valence electrons. The van der Waals surface area contributed by atoms with E-state index in [0.717, 1.165) is 34.1 Å². The molecule has 0 aliphatic carbocycles. The summed E-state index contributed by atoms with van der Waals surface area (Å²) in [5.74, 6) is 0. The molecule has 3 nitrogen and oxygen atoms in total. The second kappa shape index (κ2) is 5.53. The highest BCUT2D eigenvalue weighted by Crippen LogP contribution is 2.37. The van der Waals surface area contributed by atoms with E-state index in [0.29, 0.717) is 0 Å². The molecule has 4 aromatic rings. The van der Waals surface area contributed by atoms with Crippen molar-refractivity contribution in [1.29, 1.82) is 0 Å². The Balaban J connectivity index is 2.20. The Morgan fingerprint density at radius 1 is 0.917 bits per heavy atom. The van der Waals surface area contributed by atoms with Crippen molar-refractivity contribution in [2.75, 3.05) is 11.5 Å². The predicted octanol–water partition coefficient (Wildman–Crippen LogP) is 4.20. The van der Waals surface area contributed by atoms with E-state index in [9.17, 15) is 0 Å². The average molecular weight is 314 g/mol. The lowest BCUT2D eigenvalue weighted by molar-refractivity contribution is -0.342. The number of rotatable bonds is 2. The number of aromatic amines is 1. The first-order chi connectivity index (χ1) is 11.7. The Hall–Kier alpha value is -3.07. The molecule has 0 atom stereocenters. The molecule has 0 unspecified atom stereocenters. The highest BCUT2D eigenvalue weighted by Gasteiger charge is 2.17. The Bertz CT molecular complexity index is 1050. The molecule has 0 saturated heterocycles. The lowest BCUT2D eigenvalue weighted by atomic mass is 9.90. The molecule has 0 aliphatic heterocycles. The number of H-pyrrole nitrogens is 1. The van der Waals surface area contributed by atoms with Crippen molar-refractivity contribution in [3.63, 3.8) is 0 Å². The number of aryl methyl sites for hydroxylation is 1. The summed E-state index contributed by atoms with van der Waals surface area (Å²) in [5.41, 5.74) is 18.7. The highest BCUT2D eigenvalue weighted by molar-refractivity contribution is 6.12. The van der Waals surface area contributed by atoms with Gasteiger partial charge in [0, 0.05) is 22.8 Å². The van der Waals surface area contributed by atoms with Gasteiger partial charge in [-0.15, -0.1) is 0 Å². The van der Waals surface area contributed by atoms with E-state index in [-0.39, 0.29) is 0 Å². The number of aromatic nitrogens is 1. The number of benzene rings is 3. The molecule has 0 bridgehead atoms. The molecule has 0 radical (unpaired) electrons. The summed E-state index contributed by atoms with van der Waals surface area (Å²) >= 11 is 0. The van der Waals surface area contributed by atoms with Crippen molar-refractivity contribution in [2.24, 2.45) is 0 Å². The number of nitrogens with two attached hydrogens (primary N) is 2. The summed E-state index contributed by atoms with van der Waals surface area (Å²) in [4.78, 5) is 3.34. The van der Waals surface area contributed by atoms with Gasteiger partial charge in [0.05, 0.1) is 10.8 Å². The second-order valence-electron chi connectivity index (χ2n) is 6.09. The molecular formula is C21H20N3+. The van der Waals surface area contributed by atoms with Crippen LogP contribution < -0.4 is 16.5 Å². The molecule has 4 rings (SSSR count). The van der Waals surface area contributed by atoms with E-state index in [1.165, 1.54) is 22.1 Å². The maximum absolute atomic E-state index is 6.40. The van der Waals surface area contributed by atoms with Gasteiger partial charge in [-0.2, -0.15) is 0 Å². The first-order valence-electron chi connectivity index (χ1n) is 8.19. The van der Waals surface area contributed by atoms with Crippen molar-refractivity contribution < 1.29 is 4.98 Å². The zero-order chi connectivity index (χ0) is 16.7. The van der Waals surface area contributed by atoms with Crippen molar-refractivity contribution in [1.82, 2.24) is 0 Å². The molecule has 0 spiro atoms. The number of hydrogen-bond donors (Lipinski definition) is 2. The van der Waals surface area contributed by atoms with E-state index in [1.54, 1.807) is 0 Å². The van der Waals surface area contributed by atoms with Crippen LogP contribution in [0.1, 0.15) is 12.5 Å². The van der Waals surface area contributed by atoms with E-state index in [2.05, 4.69) is 42.2 Å². The molecule has 5 N–H and O–H groups in total. The number of nitrogens with one attached hydrogen (secondary N) is 1. The molecule has 3 heteroatoms. The minimum Gasteiger partial charge on any atom is -0.399 e. The lowest BCUT2D eigenvalue weighted by Crippen LogP contribution is -2.06. The zero-order valence-corrected chi connectivity index (χ0v) is 13.6. The molecule has 1 heterocycles. The third-order valence-electron chi connectivity index (χ3n) is 4.63. The summed E-state index contributed by atoms with van der Waals surface area (Å²) < 4.78 is 0. The van der Waals surface area contributed by atoms with Crippen LogP contribution in [0.5, 0.6) is 0 Å². The van der Waals surface area contributed by atoms with E-state index < -0.39 is 0 Å². The van der Waals surface area contributed by atoms with Crippen LogP contribution in [0.4, 0.5) is 11.4 Å². The minimum absolute atomic E-state index is 0.758. The van der Waals surface area contributed by atoms with Crippen LogP contribution in [0.15, 0.2) is 60.8 Å². The molecular weight excluding hydrogens is 294 g/mol. The number of hydrogen-bond acceptors (Lipinski definition) is 2. The molecule has 0 amide bonds. The smallest absolute Gasteiger partial charge is 0.211 e. The molecule has 24 heavy (non-hydrogen) atoms. The number of fused-ring (bicyclic) bond motifs is 3. The van der Waals surface area contributed by atoms with Gasteiger partial charge in [-0.3, -0.25) is 0 Å². The van der Waals surface area contributed by atoms with Crippen molar-refractivity contribution >= 4 is 33.1 Å². The van der Waals surface area contributed by atoms with Gasteiger partial charge in [-0.25, -0.2) is 4.98 Å². The molecule has 0 aliphatic rings. The van der Waals surface area contributed by atoms with Gasteiger partial charge >= 0.3 is 0 Å². The maximum atomic E-state index is 6.40. The summed E-state index contributed by atoms with van der Waals surface area (Å²) in [5, 5.41) is 3.36. The van der Waals surface area contributed by atoms with Crippen LogP contribution in [0.3, 0.4) is 0 Å². The SMILES string of the molecule is CCc1c(-c2ccccc2)cc(N)c2c[nH+]c3ccc(N)cc3c12. The molecule has 1 aromatic heterocycles. The average Bonchev–Trinajstić information content (AvgIpc) is 2.62. The number of anilines is 2.